The van der Waals surface area contributed by atoms with Crippen molar-refractivity contribution >= 4 is 0 Å². The molecule has 19 heavy (non-hydrogen) atoms. The maximum absolute atomic E-state index is 10.5. The van der Waals surface area contributed by atoms with Gasteiger partial charge in [0.1, 0.15) is 0 Å². The highest BCUT2D eigenvalue weighted by atomic mass is 16.5. The lowest BCUT2D eigenvalue weighted by Gasteiger charge is -2.33. The van der Waals surface area contributed by atoms with Crippen molar-refractivity contribution in [3.63, 3.8) is 0 Å². The number of hydrogen-bond acceptors (Lipinski definition) is 4. The van der Waals surface area contributed by atoms with Gasteiger partial charge in [0.25, 0.3) is 0 Å². The minimum absolute atomic E-state index is 0.109. The van der Waals surface area contributed by atoms with Crippen LogP contribution in [-0.4, -0.2) is 44.2 Å². The van der Waals surface area contributed by atoms with E-state index < -0.39 is 5.60 Å². The van der Waals surface area contributed by atoms with E-state index in [0.717, 1.165) is 0 Å². The Morgan fingerprint density at radius 2 is 2.00 bits per heavy atom. The molecule has 1 unspecified atom stereocenters. The van der Waals surface area contributed by atoms with Crippen LogP contribution in [0.2, 0.25) is 0 Å². The number of hydrogen-bond donors (Lipinski definition) is 2. The zero-order valence-electron chi connectivity index (χ0n) is 11.5. The van der Waals surface area contributed by atoms with E-state index in [1.807, 2.05) is 18.2 Å². The summed E-state index contributed by atoms with van der Waals surface area (Å²) in [5, 5.41) is 13.9. The van der Waals surface area contributed by atoms with E-state index in [2.05, 4.69) is 17.4 Å². The number of ether oxygens (including phenoxy) is 2. The zero-order valence-corrected chi connectivity index (χ0v) is 11.5. The largest absolute Gasteiger partial charge is 0.388 e. The van der Waals surface area contributed by atoms with E-state index in [1.165, 1.54) is 5.56 Å². The van der Waals surface area contributed by atoms with Gasteiger partial charge in [-0.15, -0.1) is 0 Å². The highest BCUT2D eigenvalue weighted by molar-refractivity contribution is 5.19. The van der Waals surface area contributed by atoms with Crippen LogP contribution in [0.15, 0.2) is 30.3 Å². The van der Waals surface area contributed by atoms with Gasteiger partial charge < -0.3 is 19.9 Å². The van der Waals surface area contributed by atoms with Crippen molar-refractivity contribution in [3.05, 3.63) is 35.9 Å². The van der Waals surface area contributed by atoms with Crippen molar-refractivity contribution in [2.75, 3.05) is 33.5 Å². The number of benzene rings is 1. The van der Waals surface area contributed by atoms with Crippen LogP contribution in [0.3, 0.4) is 0 Å². The van der Waals surface area contributed by atoms with Gasteiger partial charge in [0.05, 0.1) is 18.2 Å². The molecule has 1 heterocycles. The molecule has 0 saturated carbocycles. The van der Waals surface area contributed by atoms with E-state index >= 15 is 0 Å². The molecule has 2 N–H and O–H groups in total. The van der Waals surface area contributed by atoms with Crippen molar-refractivity contribution in [2.24, 2.45) is 0 Å². The van der Waals surface area contributed by atoms with E-state index in [0.29, 0.717) is 39.2 Å². The molecule has 1 aromatic carbocycles. The predicted octanol–water partition coefficient (Wildman–Crippen LogP) is 1.51. The Morgan fingerprint density at radius 1 is 1.32 bits per heavy atom. The summed E-state index contributed by atoms with van der Waals surface area (Å²) >= 11 is 0. The molecule has 0 radical (unpaired) electrons. The monoisotopic (exact) mass is 265 g/mol. The highest BCUT2D eigenvalue weighted by Crippen LogP contribution is 2.21. The summed E-state index contributed by atoms with van der Waals surface area (Å²) in [5.41, 5.74) is 0.527. The van der Waals surface area contributed by atoms with Crippen molar-refractivity contribution in [2.45, 2.75) is 24.5 Å². The van der Waals surface area contributed by atoms with Gasteiger partial charge in [-0.1, -0.05) is 30.3 Å². The first-order chi connectivity index (χ1) is 9.23. The molecule has 4 heteroatoms. The fourth-order valence-electron chi connectivity index (χ4n) is 2.37. The third-order valence-corrected chi connectivity index (χ3v) is 3.64. The minimum atomic E-state index is -0.654. The van der Waals surface area contributed by atoms with Gasteiger partial charge in [0.2, 0.25) is 0 Å². The minimum Gasteiger partial charge on any atom is -0.388 e. The van der Waals surface area contributed by atoms with Crippen LogP contribution in [0.25, 0.3) is 0 Å². The second-order valence-electron chi connectivity index (χ2n) is 5.14. The molecule has 0 amide bonds. The molecule has 1 aromatic rings. The lowest BCUT2D eigenvalue weighted by Crippen LogP contribution is -2.46. The third kappa shape index (κ3) is 4.28. The van der Waals surface area contributed by atoms with Crippen molar-refractivity contribution < 1.29 is 14.6 Å². The molecule has 1 fully saturated rings. The molecule has 2 rings (SSSR count). The molecule has 1 aliphatic heterocycles. The Hall–Kier alpha value is -0.940. The van der Waals surface area contributed by atoms with Crippen LogP contribution in [0.5, 0.6) is 0 Å². The number of rotatable bonds is 6. The molecule has 106 valence electrons. The van der Waals surface area contributed by atoms with Gasteiger partial charge in [-0.3, -0.25) is 0 Å². The Morgan fingerprint density at radius 3 is 2.63 bits per heavy atom. The van der Waals surface area contributed by atoms with E-state index in [-0.39, 0.29) is 6.04 Å². The maximum atomic E-state index is 10.5. The number of nitrogens with one attached hydrogen (secondary N) is 1. The van der Waals surface area contributed by atoms with Crippen molar-refractivity contribution in [1.29, 1.82) is 0 Å². The Labute approximate surface area is 114 Å². The van der Waals surface area contributed by atoms with Gasteiger partial charge in [0, 0.05) is 39.7 Å². The summed E-state index contributed by atoms with van der Waals surface area (Å²) in [4.78, 5) is 0. The van der Waals surface area contributed by atoms with Gasteiger partial charge in [-0.2, -0.15) is 0 Å². The molecule has 0 aliphatic carbocycles. The second-order valence-corrected chi connectivity index (χ2v) is 5.14. The summed E-state index contributed by atoms with van der Waals surface area (Å²) in [6.07, 6.45) is 1.38. The predicted molar refractivity (Wildman–Crippen MR) is 74.1 cm³/mol. The summed E-state index contributed by atoms with van der Waals surface area (Å²) in [6, 6.07) is 10.3. The summed E-state index contributed by atoms with van der Waals surface area (Å²) in [7, 11) is 1.70. The second kappa shape index (κ2) is 7.01. The molecule has 0 aromatic heterocycles. The average Bonchev–Trinajstić information content (AvgIpc) is 2.45. The van der Waals surface area contributed by atoms with E-state index in [1.54, 1.807) is 7.11 Å². The molecule has 0 spiro atoms. The van der Waals surface area contributed by atoms with E-state index in [9.17, 15) is 5.11 Å². The molecule has 0 bridgehead atoms. The Balaban J connectivity index is 1.93. The fraction of sp³-hybridized carbons (Fsp3) is 0.600. The number of aliphatic hydroxyl groups is 1. The SMILES string of the molecule is COCC(NCC1(O)CCOCC1)c1ccccc1. The van der Waals surface area contributed by atoms with Crippen LogP contribution in [0.4, 0.5) is 0 Å². The Bertz CT molecular complexity index is 363. The summed E-state index contributed by atoms with van der Waals surface area (Å²) < 4.78 is 10.6. The van der Waals surface area contributed by atoms with Gasteiger partial charge >= 0.3 is 0 Å². The van der Waals surface area contributed by atoms with Gasteiger partial charge in [-0.25, -0.2) is 0 Å². The van der Waals surface area contributed by atoms with Crippen molar-refractivity contribution in [3.8, 4) is 0 Å². The molecule has 4 nitrogen and oxygen atoms in total. The lowest BCUT2D eigenvalue weighted by atomic mass is 9.93. The quantitative estimate of drug-likeness (QED) is 0.818. The first-order valence-corrected chi connectivity index (χ1v) is 6.81. The normalized spacial score (nSPS) is 20.1. The van der Waals surface area contributed by atoms with Crippen LogP contribution in [0.1, 0.15) is 24.4 Å². The first kappa shape index (κ1) is 14.5. The fourth-order valence-corrected chi connectivity index (χ4v) is 2.37. The van der Waals surface area contributed by atoms with Crippen LogP contribution >= 0.6 is 0 Å². The van der Waals surface area contributed by atoms with Crippen LogP contribution in [-0.2, 0) is 9.47 Å². The summed E-state index contributed by atoms with van der Waals surface area (Å²) in [6.45, 7) is 2.44. The third-order valence-electron chi connectivity index (χ3n) is 3.64. The molecular weight excluding hydrogens is 242 g/mol. The zero-order chi connectivity index (χ0) is 13.6. The van der Waals surface area contributed by atoms with E-state index in [4.69, 9.17) is 9.47 Å². The molecule has 1 aliphatic rings. The first-order valence-electron chi connectivity index (χ1n) is 6.81. The molecule has 1 saturated heterocycles. The summed E-state index contributed by atoms with van der Waals surface area (Å²) in [5.74, 6) is 0. The van der Waals surface area contributed by atoms with Crippen molar-refractivity contribution in [1.82, 2.24) is 5.32 Å². The smallest absolute Gasteiger partial charge is 0.0815 e. The average molecular weight is 265 g/mol. The van der Waals surface area contributed by atoms with Crippen LogP contribution < -0.4 is 5.32 Å². The standard InChI is InChI=1S/C15H23NO3/c1-18-11-14(13-5-3-2-4-6-13)16-12-15(17)7-9-19-10-8-15/h2-6,14,16-17H,7-12H2,1H3. The van der Waals surface area contributed by atoms with Crippen LogP contribution in [0, 0.1) is 0 Å². The van der Waals surface area contributed by atoms with Gasteiger partial charge in [-0.05, 0) is 5.56 Å². The Kier molecular flexibility index (Phi) is 5.34. The topological polar surface area (TPSA) is 50.7 Å². The molecular formula is C15H23NO3. The van der Waals surface area contributed by atoms with Gasteiger partial charge in [0.15, 0.2) is 0 Å². The number of methoxy groups -OCH3 is 1. The maximum Gasteiger partial charge on any atom is 0.0815 e. The highest BCUT2D eigenvalue weighted by Gasteiger charge is 2.30. The molecule has 1 atom stereocenters. The lowest BCUT2D eigenvalue weighted by molar-refractivity contribution is -0.0637.